The molecule has 2 N–H and O–H groups in total. The molecule has 3 aliphatic carbocycles. The molecule has 2 bridgehead atoms. The van der Waals surface area contributed by atoms with E-state index in [1.54, 1.807) is 6.07 Å². The Balaban J connectivity index is 1.52. The number of aromatic hydroxyl groups is 1. The highest BCUT2D eigenvalue weighted by atomic mass is 16.5. The van der Waals surface area contributed by atoms with Gasteiger partial charge < -0.3 is 15.2 Å². The predicted octanol–water partition coefficient (Wildman–Crippen LogP) is 2.74. The number of aromatic nitrogens is 1. The second kappa shape index (κ2) is 5.69. The summed E-state index contributed by atoms with van der Waals surface area (Å²) in [6.07, 6.45) is 9.10. The third kappa shape index (κ3) is 2.37. The molecule has 0 saturated heterocycles. The van der Waals surface area contributed by atoms with E-state index >= 15 is 0 Å². The molecule has 5 atom stereocenters. The van der Waals surface area contributed by atoms with Crippen LogP contribution < -0.4 is 10.1 Å². The molecule has 5 heteroatoms. The highest BCUT2D eigenvalue weighted by molar-refractivity contribution is 5.95. The molecule has 3 saturated carbocycles. The minimum atomic E-state index is -0.283. The molecule has 1 aromatic rings. The van der Waals surface area contributed by atoms with Crippen molar-refractivity contribution in [2.24, 2.45) is 23.7 Å². The van der Waals surface area contributed by atoms with E-state index in [2.05, 4.69) is 10.3 Å². The van der Waals surface area contributed by atoms with Crippen LogP contribution >= 0.6 is 0 Å². The largest absolute Gasteiger partial charge is 0.503 e. The Labute approximate surface area is 136 Å². The summed E-state index contributed by atoms with van der Waals surface area (Å²) < 4.78 is 5.07. The van der Waals surface area contributed by atoms with Gasteiger partial charge in [0.15, 0.2) is 17.2 Å². The summed E-state index contributed by atoms with van der Waals surface area (Å²) in [6.45, 7) is 0. The topological polar surface area (TPSA) is 71.5 Å². The summed E-state index contributed by atoms with van der Waals surface area (Å²) in [5.41, 5.74) is 0.0645. The van der Waals surface area contributed by atoms with Crippen LogP contribution in [0.4, 0.5) is 0 Å². The number of methoxy groups -OCH3 is 1. The Morgan fingerprint density at radius 3 is 2.96 bits per heavy atom. The van der Waals surface area contributed by atoms with Crippen molar-refractivity contribution in [2.45, 2.75) is 44.6 Å². The van der Waals surface area contributed by atoms with E-state index in [1.165, 1.54) is 45.4 Å². The maximum absolute atomic E-state index is 12.6. The molecule has 0 aromatic carbocycles. The number of hydrogen-bond acceptors (Lipinski definition) is 4. The Morgan fingerprint density at radius 1 is 1.30 bits per heavy atom. The van der Waals surface area contributed by atoms with Crippen LogP contribution in [0.1, 0.15) is 49.0 Å². The predicted molar refractivity (Wildman–Crippen MR) is 85.4 cm³/mol. The number of ether oxygens (including phenoxy) is 1. The van der Waals surface area contributed by atoms with Gasteiger partial charge in [-0.05, 0) is 55.8 Å². The number of fused-ring (bicyclic) bond motifs is 5. The second-order valence-corrected chi connectivity index (χ2v) is 7.30. The summed E-state index contributed by atoms with van der Waals surface area (Å²) in [4.78, 5) is 16.7. The molecule has 0 aliphatic heterocycles. The van der Waals surface area contributed by atoms with Gasteiger partial charge in [-0.3, -0.25) is 4.79 Å². The normalized spacial score (nSPS) is 34.9. The van der Waals surface area contributed by atoms with Gasteiger partial charge in [-0.15, -0.1) is 0 Å². The average Bonchev–Trinajstić information content (AvgIpc) is 3.17. The SMILES string of the molecule is COc1ccnc(C(=O)NC2CCCC3[C@H]4CC[C@H](C4)[C@@H]23)c1O. The zero-order valence-electron chi connectivity index (χ0n) is 13.5. The molecule has 3 aliphatic rings. The van der Waals surface area contributed by atoms with Gasteiger partial charge in [-0.2, -0.15) is 0 Å². The lowest BCUT2D eigenvalue weighted by molar-refractivity contribution is 0.0792. The van der Waals surface area contributed by atoms with Crippen LogP contribution in [0.15, 0.2) is 12.3 Å². The summed E-state index contributed by atoms with van der Waals surface area (Å²) in [6, 6.07) is 1.78. The lowest BCUT2D eigenvalue weighted by Gasteiger charge is -2.41. The summed E-state index contributed by atoms with van der Waals surface area (Å²) in [5, 5.41) is 13.3. The Bertz CT molecular complexity index is 618. The van der Waals surface area contributed by atoms with Crippen molar-refractivity contribution in [2.75, 3.05) is 7.11 Å². The zero-order valence-corrected chi connectivity index (χ0v) is 13.5. The van der Waals surface area contributed by atoms with Crippen LogP contribution in [0.25, 0.3) is 0 Å². The zero-order chi connectivity index (χ0) is 16.0. The van der Waals surface area contributed by atoms with E-state index in [0.29, 0.717) is 5.92 Å². The fourth-order valence-corrected chi connectivity index (χ4v) is 5.45. The molecule has 4 rings (SSSR count). The molecule has 0 radical (unpaired) electrons. The summed E-state index contributed by atoms with van der Waals surface area (Å²) in [7, 11) is 1.47. The fourth-order valence-electron chi connectivity index (χ4n) is 5.45. The van der Waals surface area contributed by atoms with Crippen molar-refractivity contribution < 1.29 is 14.6 Å². The van der Waals surface area contributed by atoms with Gasteiger partial charge in [-0.1, -0.05) is 6.42 Å². The number of amides is 1. The Hall–Kier alpha value is -1.78. The molecular formula is C18H24N2O3. The third-order valence-corrected chi connectivity index (χ3v) is 6.31. The van der Waals surface area contributed by atoms with Gasteiger partial charge >= 0.3 is 0 Å². The van der Waals surface area contributed by atoms with Crippen LogP contribution in [0.5, 0.6) is 11.5 Å². The standard InChI is InChI=1S/C18H24N2O3/c1-23-14-7-8-19-16(17(14)21)18(22)20-13-4-2-3-12-10-5-6-11(9-10)15(12)13/h7-8,10-13,15,21H,2-6,9H2,1H3,(H,20,22)/t10-,11+,12?,13?,15+/m0/s1. The highest BCUT2D eigenvalue weighted by Crippen LogP contribution is 2.57. The first-order valence-corrected chi connectivity index (χ1v) is 8.72. The minimum Gasteiger partial charge on any atom is -0.503 e. The number of pyridine rings is 1. The van der Waals surface area contributed by atoms with Crippen LogP contribution in [0.3, 0.4) is 0 Å². The van der Waals surface area contributed by atoms with Gasteiger partial charge in [0.2, 0.25) is 0 Å². The van der Waals surface area contributed by atoms with Gasteiger partial charge in [0.1, 0.15) is 0 Å². The Morgan fingerprint density at radius 2 is 2.13 bits per heavy atom. The molecule has 1 aromatic heterocycles. The van der Waals surface area contributed by atoms with Gasteiger partial charge in [0.05, 0.1) is 7.11 Å². The van der Waals surface area contributed by atoms with Gasteiger partial charge in [-0.25, -0.2) is 4.98 Å². The average molecular weight is 316 g/mol. The number of nitrogens with zero attached hydrogens (tertiary/aromatic N) is 1. The van der Waals surface area contributed by atoms with Crippen molar-refractivity contribution in [1.29, 1.82) is 0 Å². The molecule has 1 amide bonds. The molecule has 1 heterocycles. The van der Waals surface area contributed by atoms with E-state index < -0.39 is 0 Å². The highest BCUT2D eigenvalue weighted by Gasteiger charge is 2.51. The maximum atomic E-state index is 12.6. The Kier molecular flexibility index (Phi) is 3.66. The molecule has 3 fully saturated rings. The molecule has 5 nitrogen and oxygen atoms in total. The maximum Gasteiger partial charge on any atom is 0.274 e. The number of nitrogens with one attached hydrogen (secondary N) is 1. The molecule has 124 valence electrons. The van der Waals surface area contributed by atoms with Crippen LogP contribution in [-0.2, 0) is 0 Å². The van der Waals surface area contributed by atoms with Crippen LogP contribution in [0.2, 0.25) is 0 Å². The first-order chi connectivity index (χ1) is 11.2. The van der Waals surface area contributed by atoms with Gasteiger partial charge in [0, 0.05) is 18.3 Å². The van der Waals surface area contributed by atoms with Gasteiger partial charge in [0.25, 0.3) is 5.91 Å². The minimum absolute atomic E-state index is 0.0645. The lowest BCUT2D eigenvalue weighted by Crippen LogP contribution is -2.47. The third-order valence-electron chi connectivity index (χ3n) is 6.31. The number of hydrogen-bond donors (Lipinski definition) is 2. The number of rotatable bonds is 3. The first kappa shape index (κ1) is 14.8. The van der Waals surface area contributed by atoms with E-state index in [4.69, 9.17) is 4.74 Å². The van der Waals surface area contributed by atoms with Crippen molar-refractivity contribution in [3.8, 4) is 11.5 Å². The van der Waals surface area contributed by atoms with Crippen molar-refractivity contribution in [3.63, 3.8) is 0 Å². The molecule has 0 spiro atoms. The fraction of sp³-hybridized carbons (Fsp3) is 0.667. The first-order valence-electron chi connectivity index (χ1n) is 8.72. The molecule has 23 heavy (non-hydrogen) atoms. The van der Waals surface area contributed by atoms with Crippen LogP contribution in [0, 0.1) is 23.7 Å². The smallest absolute Gasteiger partial charge is 0.274 e. The van der Waals surface area contributed by atoms with Crippen molar-refractivity contribution in [1.82, 2.24) is 10.3 Å². The quantitative estimate of drug-likeness (QED) is 0.899. The summed E-state index contributed by atoms with van der Waals surface area (Å²) >= 11 is 0. The number of carbonyl (C=O) groups is 1. The molecular weight excluding hydrogens is 292 g/mol. The number of carbonyl (C=O) groups excluding carboxylic acids is 1. The van der Waals surface area contributed by atoms with E-state index in [-0.39, 0.29) is 29.1 Å². The lowest BCUT2D eigenvalue weighted by atomic mass is 9.68. The second-order valence-electron chi connectivity index (χ2n) is 7.30. The summed E-state index contributed by atoms with van der Waals surface area (Å²) in [5.74, 6) is 2.91. The van der Waals surface area contributed by atoms with Crippen molar-refractivity contribution in [3.05, 3.63) is 18.0 Å². The van der Waals surface area contributed by atoms with Crippen LogP contribution in [-0.4, -0.2) is 29.1 Å². The van der Waals surface area contributed by atoms with Crippen molar-refractivity contribution >= 4 is 5.91 Å². The van der Waals surface area contributed by atoms with E-state index in [9.17, 15) is 9.90 Å². The van der Waals surface area contributed by atoms with E-state index in [0.717, 1.165) is 24.2 Å². The monoisotopic (exact) mass is 316 g/mol. The van der Waals surface area contributed by atoms with E-state index in [1.807, 2.05) is 0 Å². The molecule has 2 unspecified atom stereocenters.